The van der Waals surface area contributed by atoms with Gasteiger partial charge in [0, 0.05) is 37.3 Å². The van der Waals surface area contributed by atoms with Gasteiger partial charge in [-0.15, -0.1) is 0 Å². The molecular formula is C14H19N3O3S. The zero-order valence-electron chi connectivity index (χ0n) is 11.5. The van der Waals surface area contributed by atoms with E-state index in [1.165, 1.54) is 0 Å². The Labute approximate surface area is 128 Å². The highest BCUT2D eigenvalue weighted by atomic mass is 32.1. The molecule has 2 rings (SSSR count). The van der Waals surface area contributed by atoms with E-state index in [-0.39, 0.29) is 5.91 Å². The molecule has 5 N–H and O–H groups in total. The smallest absolute Gasteiger partial charge is 0.225 e. The zero-order chi connectivity index (χ0) is 15.4. The van der Waals surface area contributed by atoms with Crippen LogP contribution in [0.5, 0.6) is 0 Å². The Hall–Kier alpha value is -1.54. The van der Waals surface area contributed by atoms with Crippen molar-refractivity contribution in [3.8, 4) is 0 Å². The molecule has 1 aromatic rings. The maximum atomic E-state index is 11.8. The third-order valence-electron chi connectivity index (χ3n) is 3.44. The van der Waals surface area contributed by atoms with Crippen molar-refractivity contribution < 1.29 is 15.0 Å². The van der Waals surface area contributed by atoms with E-state index >= 15 is 0 Å². The van der Waals surface area contributed by atoms with Gasteiger partial charge in [0.15, 0.2) is 0 Å². The maximum absolute atomic E-state index is 11.8. The van der Waals surface area contributed by atoms with E-state index in [2.05, 4.69) is 5.32 Å². The summed E-state index contributed by atoms with van der Waals surface area (Å²) in [4.78, 5) is 14.0. The Kier molecular flexibility index (Phi) is 5.24. The van der Waals surface area contributed by atoms with Gasteiger partial charge < -0.3 is 21.3 Å². The Balaban J connectivity index is 1.78. The lowest BCUT2D eigenvalue weighted by atomic mass is 10.2. The first kappa shape index (κ1) is 15.8. The number of hydrogen-bond acceptors (Lipinski definition) is 5. The number of likely N-dealkylation sites (tertiary alicyclic amines) is 1. The van der Waals surface area contributed by atoms with Crippen molar-refractivity contribution in [2.45, 2.75) is 18.6 Å². The number of nitrogens with zero attached hydrogens (tertiary/aromatic N) is 1. The molecule has 0 spiro atoms. The van der Waals surface area contributed by atoms with Crippen LogP contribution < -0.4 is 11.1 Å². The van der Waals surface area contributed by atoms with Crippen LogP contribution >= 0.6 is 12.2 Å². The highest BCUT2D eigenvalue weighted by Crippen LogP contribution is 2.12. The van der Waals surface area contributed by atoms with Gasteiger partial charge >= 0.3 is 0 Å². The molecule has 0 radical (unpaired) electrons. The Morgan fingerprint density at radius 1 is 1.29 bits per heavy atom. The highest BCUT2D eigenvalue weighted by molar-refractivity contribution is 7.80. The lowest BCUT2D eigenvalue weighted by Crippen LogP contribution is -2.27. The molecule has 6 nitrogen and oxygen atoms in total. The number of aliphatic hydroxyl groups is 2. The van der Waals surface area contributed by atoms with Crippen LogP contribution in [-0.4, -0.2) is 57.9 Å². The maximum Gasteiger partial charge on any atom is 0.225 e. The summed E-state index contributed by atoms with van der Waals surface area (Å²) in [6.45, 7) is 1.30. The number of amides is 1. The van der Waals surface area contributed by atoms with Gasteiger partial charge in [0.25, 0.3) is 0 Å². The number of carbonyl (C=O) groups is 1. The molecule has 1 aliphatic rings. The molecule has 0 aliphatic carbocycles. The van der Waals surface area contributed by atoms with Crippen LogP contribution in [0.2, 0.25) is 0 Å². The second kappa shape index (κ2) is 6.95. The van der Waals surface area contributed by atoms with Gasteiger partial charge in [0.05, 0.1) is 12.2 Å². The lowest BCUT2D eigenvalue weighted by molar-refractivity contribution is -0.116. The number of rotatable bonds is 5. The topological polar surface area (TPSA) is 98.8 Å². The molecule has 1 heterocycles. The Bertz CT molecular complexity index is 511. The number of nitrogens with two attached hydrogens (primary N) is 1. The molecule has 2 unspecified atom stereocenters. The normalized spacial score (nSPS) is 22.2. The van der Waals surface area contributed by atoms with Crippen molar-refractivity contribution in [3.05, 3.63) is 29.8 Å². The van der Waals surface area contributed by atoms with Crippen LogP contribution in [0.1, 0.15) is 12.0 Å². The highest BCUT2D eigenvalue weighted by Gasteiger charge is 2.29. The average molecular weight is 309 g/mol. The summed E-state index contributed by atoms with van der Waals surface area (Å²) in [5, 5.41) is 21.6. The van der Waals surface area contributed by atoms with Gasteiger partial charge in [0.1, 0.15) is 4.99 Å². The van der Waals surface area contributed by atoms with E-state index in [9.17, 15) is 15.0 Å². The molecule has 7 heteroatoms. The largest absolute Gasteiger partial charge is 0.389 e. The number of nitrogens with one attached hydrogen (secondary N) is 1. The standard InChI is InChI=1S/C14H19N3O3S/c15-14(21)9-1-3-10(4-2-9)16-13(20)5-6-17-7-11(18)12(19)8-17/h1-4,11-12,18-19H,5-8H2,(H2,15,21)(H,16,20). The van der Waals surface area contributed by atoms with E-state index < -0.39 is 12.2 Å². The fourth-order valence-corrected chi connectivity index (χ4v) is 2.37. The van der Waals surface area contributed by atoms with E-state index in [1.807, 2.05) is 4.90 Å². The summed E-state index contributed by atoms with van der Waals surface area (Å²) in [6, 6.07) is 7.00. The van der Waals surface area contributed by atoms with Gasteiger partial charge in [-0.1, -0.05) is 12.2 Å². The predicted molar refractivity (Wildman–Crippen MR) is 84.0 cm³/mol. The van der Waals surface area contributed by atoms with Crippen LogP contribution in [0.25, 0.3) is 0 Å². The number of anilines is 1. The Morgan fingerprint density at radius 2 is 1.86 bits per heavy atom. The Morgan fingerprint density at radius 3 is 2.38 bits per heavy atom. The third-order valence-corrected chi connectivity index (χ3v) is 3.68. The van der Waals surface area contributed by atoms with Gasteiger partial charge in [-0.05, 0) is 24.3 Å². The number of benzene rings is 1. The minimum atomic E-state index is -0.722. The summed E-state index contributed by atoms with van der Waals surface area (Å²) < 4.78 is 0. The molecule has 114 valence electrons. The summed E-state index contributed by atoms with van der Waals surface area (Å²) in [5.74, 6) is -0.117. The fraction of sp³-hybridized carbons (Fsp3) is 0.429. The van der Waals surface area contributed by atoms with Gasteiger partial charge in [-0.2, -0.15) is 0 Å². The second-order valence-electron chi connectivity index (χ2n) is 5.13. The monoisotopic (exact) mass is 309 g/mol. The molecule has 0 bridgehead atoms. The number of β-amino-alcohol motifs (C(OH)–C–C–N with tert-alkyl or cyclic N) is 2. The summed E-state index contributed by atoms with van der Waals surface area (Å²) in [6.07, 6.45) is -1.14. The van der Waals surface area contributed by atoms with Crippen LogP contribution in [0.3, 0.4) is 0 Å². The molecule has 1 amide bonds. The summed E-state index contributed by atoms with van der Waals surface area (Å²) >= 11 is 4.86. The van der Waals surface area contributed by atoms with Crippen molar-refractivity contribution in [2.24, 2.45) is 5.73 Å². The van der Waals surface area contributed by atoms with Gasteiger partial charge in [-0.3, -0.25) is 9.69 Å². The molecule has 1 aliphatic heterocycles. The fourth-order valence-electron chi connectivity index (χ4n) is 2.23. The lowest BCUT2D eigenvalue weighted by Gasteiger charge is -2.14. The predicted octanol–water partition coefficient (Wildman–Crippen LogP) is -0.313. The van der Waals surface area contributed by atoms with Gasteiger partial charge in [-0.25, -0.2) is 0 Å². The molecule has 1 aromatic carbocycles. The minimum Gasteiger partial charge on any atom is -0.389 e. The summed E-state index contributed by atoms with van der Waals surface area (Å²) in [5.41, 5.74) is 6.94. The number of hydrogen-bond donors (Lipinski definition) is 4. The number of thiocarbonyl (C=S) groups is 1. The molecular weight excluding hydrogens is 290 g/mol. The molecule has 1 fully saturated rings. The van der Waals surface area contributed by atoms with Crippen molar-refractivity contribution in [1.29, 1.82) is 0 Å². The first-order valence-corrected chi connectivity index (χ1v) is 7.15. The van der Waals surface area contributed by atoms with Crippen molar-refractivity contribution in [2.75, 3.05) is 25.0 Å². The molecule has 1 saturated heterocycles. The SMILES string of the molecule is NC(=S)c1ccc(NC(=O)CCN2CC(O)C(O)C2)cc1. The van der Waals surface area contributed by atoms with Gasteiger partial charge in [0.2, 0.25) is 5.91 Å². The number of carbonyl (C=O) groups excluding carboxylic acids is 1. The molecule has 2 atom stereocenters. The van der Waals surface area contributed by atoms with Crippen LogP contribution in [0.4, 0.5) is 5.69 Å². The van der Waals surface area contributed by atoms with E-state index in [1.54, 1.807) is 24.3 Å². The quantitative estimate of drug-likeness (QED) is 0.557. The van der Waals surface area contributed by atoms with Crippen LogP contribution in [0.15, 0.2) is 24.3 Å². The van der Waals surface area contributed by atoms with Crippen LogP contribution in [0, 0.1) is 0 Å². The van der Waals surface area contributed by atoms with Crippen molar-refractivity contribution in [3.63, 3.8) is 0 Å². The first-order chi connectivity index (χ1) is 9.95. The third kappa shape index (κ3) is 4.47. The average Bonchev–Trinajstić information content (AvgIpc) is 2.76. The van der Waals surface area contributed by atoms with E-state index in [4.69, 9.17) is 18.0 Å². The van der Waals surface area contributed by atoms with Crippen LogP contribution in [-0.2, 0) is 4.79 Å². The van der Waals surface area contributed by atoms with E-state index in [0.717, 1.165) is 5.56 Å². The zero-order valence-corrected chi connectivity index (χ0v) is 12.3. The van der Waals surface area contributed by atoms with E-state index in [0.29, 0.717) is 36.7 Å². The summed E-state index contributed by atoms with van der Waals surface area (Å²) in [7, 11) is 0. The first-order valence-electron chi connectivity index (χ1n) is 6.74. The molecule has 0 saturated carbocycles. The second-order valence-corrected chi connectivity index (χ2v) is 5.57. The van der Waals surface area contributed by atoms with Crippen molar-refractivity contribution >= 4 is 28.8 Å². The van der Waals surface area contributed by atoms with Crippen molar-refractivity contribution in [1.82, 2.24) is 4.90 Å². The molecule has 0 aromatic heterocycles. The number of aliphatic hydroxyl groups excluding tert-OH is 2. The minimum absolute atomic E-state index is 0.117. The molecule has 21 heavy (non-hydrogen) atoms.